The van der Waals surface area contributed by atoms with Gasteiger partial charge in [-0.3, -0.25) is 14.9 Å². The molecule has 0 heterocycles. The summed E-state index contributed by atoms with van der Waals surface area (Å²) < 4.78 is 5.43. The highest BCUT2D eigenvalue weighted by molar-refractivity contribution is 6.58. The lowest BCUT2D eigenvalue weighted by atomic mass is 9.79. The number of ether oxygens (including phenoxy) is 1. The maximum atomic E-state index is 13.0. The van der Waals surface area contributed by atoms with Crippen LogP contribution >= 0.6 is 0 Å². The molecule has 150 valence electrons. The molecule has 0 saturated carbocycles. The molecular formula is C21H16BNO7. The van der Waals surface area contributed by atoms with Crippen LogP contribution in [0.5, 0.6) is 0 Å². The van der Waals surface area contributed by atoms with Gasteiger partial charge in [0.2, 0.25) is 5.78 Å². The second-order valence-corrected chi connectivity index (χ2v) is 6.37. The van der Waals surface area contributed by atoms with Gasteiger partial charge in [-0.2, -0.15) is 0 Å². The van der Waals surface area contributed by atoms with Crippen molar-refractivity contribution < 1.29 is 29.3 Å². The van der Waals surface area contributed by atoms with Gasteiger partial charge >= 0.3 is 13.1 Å². The standard InChI is InChI=1S/C21H16BNO7/c24-19(14-7-3-1-4-8-14)20(15-9-5-2-6-10-15)30-21(25)16-11-17(22(26)27)13-18(12-16)23(28)29/h1-13,20,26-27H. The van der Waals surface area contributed by atoms with Crippen molar-refractivity contribution in [3.8, 4) is 0 Å². The number of ketones is 1. The Balaban J connectivity index is 1.98. The average Bonchev–Trinajstić information content (AvgIpc) is 2.77. The van der Waals surface area contributed by atoms with Crippen LogP contribution in [-0.2, 0) is 4.74 Å². The van der Waals surface area contributed by atoms with Gasteiger partial charge in [0.25, 0.3) is 5.69 Å². The number of hydrogen-bond acceptors (Lipinski definition) is 7. The van der Waals surface area contributed by atoms with Crippen molar-refractivity contribution in [3.63, 3.8) is 0 Å². The Bertz CT molecular complexity index is 1070. The van der Waals surface area contributed by atoms with E-state index in [0.29, 0.717) is 11.1 Å². The number of non-ortho nitro benzene ring substituents is 1. The quantitative estimate of drug-likeness (QED) is 0.203. The Kier molecular flexibility index (Phi) is 6.36. The minimum Gasteiger partial charge on any atom is -0.445 e. The predicted molar refractivity (Wildman–Crippen MR) is 108 cm³/mol. The van der Waals surface area contributed by atoms with E-state index < -0.39 is 35.6 Å². The molecule has 0 fully saturated rings. The predicted octanol–water partition coefficient (Wildman–Crippen LogP) is 2.06. The van der Waals surface area contributed by atoms with Crippen molar-refractivity contribution in [2.75, 3.05) is 0 Å². The molecule has 0 amide bonds. The highest BCUT2D eigenvalue weighted by Crippen LogP contribution is 2.24. The second-order valence-electron chi connectivity index (χ2n) is 6.37. The fraction of sp³-hybridized carbons (Fsp3) is 0.0476. The summed E-state index contributed by atoms with van der Waals surface area (Å²) >= 11 is 0. The van der Waals surface area contributed by atoms with Crippen molar-refractivity contribution in [1.82, 2.24) is 0 Å². The molecule has 3 aromatic rings. The van der Waals surface area contributed by atoms with Gasteiger partial charge in [-0.15, -0.1) is 0 Å². The van der Waals surface area contributed by atoms with Crippen molar-refractivity contribution in [2.24, 2.45) is 0 Å². The number of carbonyl (C=O) groups excluding carboxylic acids is 2. The number of benzene rings is 3. The van der Waals surface area contributed by atoms with Gasteiger partial charge in [-0.05, 0) is 11.5 Å². The molecule has 0 aliphatic carbocycles. The van der Waals surface area contributed by atoms with E-state index in [1.807, 2.05) is 0 Å². The molecule has 0 radical (unpaired) electrons. The molecule has 0 bridgehead atoms. The lowest BCUT2D eigenvalue weighted by Gasteiger charge is -2.18. The summed E-state index contributed by atoms with van der Waals surface area (Å²) in [5.74, 6) is -1.48. The average molecular weight is 405 g/mol. The molecule has 0 aliphatic heterocycles. The van der Waals surface area contributed by atoms with E-state index in [0.717, 1.165) is 18.2 Å². The number of rotatable bonds is 7. The van der Waals surface area contributed by atoms with E-state index in [2.05, 4.69) is 0 Å². The molecule has 1 atom stereocenters. The van der Waals surface area contributed by atoms with Crippen LogP contribution in [0.4, 0.5) is 5.69 Å². The molecule has 9 heteroatoms. The van der Waals surface area contributed by atoms with Crippen LogP contribution in [0.15, 0.2) is 78.9 Å². The summed E-state index contributed by atoms with van der Waals surface area (Å²) in [5.41, 5.74) is -0.300. The summed E-state index contributed by atoms with van der Waals surface area (Å²) in [6, 6.07) is 19.5. The maximum Gasteiger partial charge on any atom is 0.488 e. The van der Waals surface area contributed by atoms with Crippen LogP contribution in [-0.4, -0.2) is 33.8 Å². The Morgan fingerprint density at radius 1 is 0.900 bits per heavy atom. The van der Waals surface area contributed by atoms with E-state index in [-0.39, 0.29) is 11.0 Å². The monoisotopic (exact) mass is 405 g/mol. The molecule has 30 heavy (non-hydrogen) atoms. The lowest BCUT2D eigenvalue weighted by molar-refractivity contribution is -0.384. The van der Waals surface area contributed by atoms with E-state index in [4.69, 9.17) is 4.74 Å². The highest BCUT2D eigenvalue weighted by atomic mass is 16.6. The first-order valence-electron chi connectivity index (χ1n) is 8.87. The molecule has 0 aliphatic rings. The maximum absolute atomic E-state index is 13.0. The fourth-order valence-corrected chi connectivity index (χ4v) is 2.84. The van der Waals surface area contributed by atoms with Crippen LogP contribution in [0.1, 0.15) is 32.4 Å². The van der Waals surface area contributed by atoms with Crippen LogP contribution in [0.25, 0.3) is 0 Å². The minimum absolute atomic E-state index is 0.248. The van der Waals surface area contributed by atoms with Gasteiger partial charge in [-0.1, -0.05) is 60.7 Å². The SMILES string of the molecule is O=C(OC(C(=O)c1ccccc1)c1ccccc1)c1cc(B(O)O)cc([N+](=O)[O-])c1. The van der Waals surface area contributed by atoms with Gasteiger partial charge in [-0.25, -0.2) is 4.79 Å². The fourth-order valence-electron chi connectivity index (χ4n) is 2.84. The van der Waals surface area contributed by atoms with Gasteiger partial charge in [0.05, 0.1) is 10.5 Å². The Morgan fingerprint density at radius 3 is 2.07 bits per heavy atom. The summed E-state index contributed by atoms with van der Waals surface area (Å²) in [6.45, 7) is 0. The number of Topliss-reactive ketones (excluding diaryl/α,β-unsaturated/α-hetero) is 1. The third-order valence-electron chi connectivity index (χ3n) is 4.31. The molecule has 3 rings (SSSR count). The van der Waals surface area contributed by atoms with Gasteiger partial charge < -0.3 is 14.8 Å². The van der Waals surface area contributed by atoms with Gasteiger partial charge in [0, 0.05) is 23.3 Å². The third-order valence-corrected chi connectivity index (χ3v) is 4.31. The van der Waals surface area contributed by atoms with Crippen molar-refractivity contribution in [2.45, 2.75) is 6.10 Å². The summed E-state index contributed by atoms with van der Waals surface area (Å²) in [6.07, 6.45) is -1.29. The minimum atomic E-state index is -2.02. The zero-order chi connectivity index (χ0) is 21.7. The van der Waals surface area contributed by atoms with Crippen LogP contribution in [0.3, 0.4) is 0 Å². The third kappa shape index (κ3) is 4.77. The largest absolute Gasteiger partial charge is 0.488 e. The first kappa shape index (κ1) is 20.9. The molecule has 0 aromatic heterocycles. The molecule has 0 spiro atoms. The van der Waals surface area contributed by atoms with Gasteiger partial charge in [0.1, 0.15) is 0 Å². The first-order valence-corrected chi connectivity index (χ1v) is 8.87. The second kappa shape index (κ2) is 9.12. The van der Waals surface area contributed by atoms with E-state index in [1.165, 1.54) is 0 Å². The van der Waals surface area contributed by atoms with Crippen LogP contribution < -0.4 is 5.46 Å². The Labute approximate surface area is 171 Å². The highest BCUT2D eigenvalue weighted by Gasteiger charge is 2.28. The summed E-state index contributed by atoms with van der Waals surface area (Å²) in [4.78, 5) is 36.1. The smallest absolute Gasteiger partial charge is 0.445 e. The van der Waals surface area contributed by atoms with Crippen molar-refractivity contribution in [1.29, 1.82) is 0 Å². The van der Waals surface area contributed by atoms with Crippen molar-refractivity contribution >= 4 is 30.0 Å². The Morgan fingerprint density at radius 2 is 1.50 bits per heavy atom. The normalized spacial score (nSPS) is 11.4. The van der Waals surface area contributed by atoms with Gasteiger partial charge in [0.15, 0.2) is 6.10 Å². The zero-order valence-corrected chi connectivity index (χ0v) is 15.5. The first-order chi connectivity index (χ1) is 14.4. The number of esters is 1. The number of nitro groups is 1. The molecule has 0 saturated heterocycles. The number of carbonyl (C=O) groups is 2. The molecular weight excluding hydrogens is 389 g/mol. The van der Waals surface area contributed by atoms with E-state index >= 15 is 0 Å². The van der Waals surface area contributed by atoms with Crippen molar-refractivity contribution in [3.05, 3.63) is 106 Å². The molecule has 3 aromatic carbocycles. The van der Waals surface area contributed by atoms with Crippen LogP contribution in [0.2, 0.25) is 0 Å². The van der Waals surface area contributed by atoms with E-state index in [9.17, 15) is 29.8 Å². The molecule has 2 N–H and O–H groups in total. The number of hydrogen-bond donors (Lipinski definition) is 2. The lowest BCUT2D eigenvalue weighted by Crippen LogP contribution is -2.31. The zero-order valence-electron chi connectivity index (χ0n) is 15.5. The van der Waals surface area contributed by atoms with E-state index in [1.54, 1.807) is 60.7 Å². The summed E-state index contributed by atoms with van der Waals surface area (Å²) in [5, 5.41) is 29.8. The summed E-state index contributed by atoms with van der Waals surface area (Å²) in [7, 11) is -2.02. The molecule has 8 nitrogen and oxygen atoms in total. The topological polar surface area (TPSA) is 127 Å². The number of nitro benzene ring substituents is 1. The Hall–Kier alpha value is -3.82. The molecule has 1 unspecified atom stereocenters. The van der Waals surface area contributed by atoms with Crippen LogP contribution in [0, 0.1) is 10.1 Å². The number of nitrogens with zero attached hydrogens (tertiary/aromatic N) is 1.